The summed E-state index contributed by atoms with van der Waals surface area (Å²) in [6.45, 7) is 0.424. The predicted octanol–water partition coefficient (Wildman–Crippen LogP) is 2.96. The van der Waals surface area contributed by atoms with Crippen LogP contribution in [0.2, 0.25) is 0 Å². The molecule has 0 aromatic heterocycles. The van der Waals surface area contributed by atoms with Crippen molar-refractivity contribution in [2.75, 3.05) is 12.5 Å². The minimum Gasteiger partial charge on any atom is -0.493 e. The lowest BCUT2D eigenvalue weighted by Gasteiger charge is -2.02. The molecule has 0 bridgehead atoms. The topological polar surface area (TPSA) is 33.0 Å². The van der Waals surface area contributed by atoms with Crippen LogP contribution in [0.1, 0.15) is 18.4 Å². The molecule has 0 atom stereocenters. The van der Waals surface area contributed by atoms with Gasteiger partial charge in [-0.25, -0.2) is 0 Å². The lowest BCUT2D eigenvalue weighted by Crippen LogP contribution is -1.95. The lowest BCUT2D eigenvalue weighted by atomic mass is 10.2. The first-order chi connectivity index (χ1) is 7.86. The molecule has 0 spiro atoms. The third-order valence-electron chi connectivity index (χ3n) is 1.79. The Morgan fingerprint density at radius 1 is 1.19 bits per heavy atom. The van der Waals surface area contributed by atoms with Crippen LogP contribution in [-0.2, 0) is 0 Å². The van der Waals surface area contributed by atoms with Gasteiger partial charge in [-0.2, -0.15) is 5.26 Å². The number of ether oxygens (including phenoxy) is 1. The molecule has 0 saturated carbocycles. The zero-order valence-electron chi connectivity index (χ0n) is 8.87. The van der Waals surface area contributed by atoms with Gasteiger partial charge in [0.1, 0.15) is 12.4 Å². The van der Waals surface area contributed by atoms with Gasteiger partial charge in [-0.3, -0.25) is 0 Å². The standard InChI is InChI=1S/C13H12ClNO/c14-9-2-1-4-12-5-7-13(8-6-12)16-11-3-10-15/h5-8H,2-3,9,11H2. The molecule has 1 aromatic carbocycles. The van der Waals surface area contributed by atoms with Crippen molar-refractivity contribution in [2.45, 2.75) is 12.8 Å². The molecule has 0 aliphatic rings. The van der Waals surface area contributed by atoms with E-state index in [1.807, 2.05) is 30.3 Å². The molecule has 3 heteroatoms. The first kappa shape index (κ1) is 12.4. The predicted molar refractivity (Wildman–Crippen MR) is 64.4 cm³/mol. The smallest absolute Gasteiger partial charge is 0.119 e. The van der Waals surface area contributed by atoms with Crippen molar-refractivity contribution in [3.8, 4) is 23.7 Å². The average Bonchev–Trinajstić information content (AvgIpc) is 2.32. The summed E-state index contributed by atoms with van der Waals surface area (Å²) in [7, 11) is 0. The van der Waals surface area contributed by atoms with Gasteiger partial charge in [-0.15, -0.1) is 11.6 Å². The fourth-order valence-corrected chi connectivity index (χ4v) is 1.16. The molecule has 0 heterocycles. The summed E-state index contributed by atoms with van der Waals surface area (Å²) < 4.78 is 5.34. The van der Waals surface area contributed by atoms with Crippen molar-refractivity contribution >= 4 is 11.6 Å². The van der Waals surface area contributed by atoms with Crippen molar-refractivity contribution < 1.29 is 4.74 Å². The Hall–Kier alpha value is -1.64. The first-order valence-electron chi connectivity index (χ1n) is 5.01. The van der Waals surface area contributed by atoms with E-state index in [0.29, 0.717) is 25.3 Å². The second kappa shape index (κ2) is 7.63. The largest absolute Gasteiger partial charge is 0.493 e. The molecule has 2 nitrogen and oxygen atoms in total. The minimum atomic E-state index is 0.400. The van der Waals surface area contributed by atoms with Crippen molar-refractivity contribution in [1.82, 2.24) is 0 Å². The number of nitriles is 1. The van der Waals surface area contributed by atoms with Crippen LogP contribution in [0.25, 0.3) is 0 Å². The minimum absolute atomic E-state index is 0.400. The SMILES string of the molecule is N#CCCOc1ccc(C#CCCCl)cc1. The molecular formula is C13H12ClNO. The van der Waals surface area contributed by atoms with Gasteiger partial charge >= 0.3 is 0 Å². The Balaban J connectivity index is 2.49. The number of benzene rings is 1. The van der Waals surface area contributed by atoms with E-state index in [4.69, 9.17) is 21.6 Å². The van der Waals surface area contributed by atoms with Crippen LogP contribution >= 0.6 is 11.6 Å². The number of halogens is 1. The fraction of sp³-hybridized carbons (Fsp3) is 0.308. The van der Waals surface area contributed by atoms with Crippen LogP contribution in [0.4, 0.5) is 0 Å². The van der Waals surface area contributed by atoms with Crippen molar-refractivity contribution in [3.63, 3.8) is 0 Å². The van der Waals surface area contributed by atoms with E-state index in [1.54, 1.807) is 0 Å². The molecule has 16 heavy (non-hydrogen) atoms. The quantitative estimate of drug-likeness (QED) is 0.455. The summed E-state index contributed by atoms with van der Waals surface area (Å²) >= 11 is 5.52. The van der Waals surface area contributed by atoms with Gasteiger partial charge in [0.25, 0.3) is 0 Å². The highest BCUT2D eigenvalue weighted by atomic mass is 35.5. The second-order valence-corrected chi connectivity index (χ2v) is 3.40. The molecule has 82 valence electrons. The van der Waals surface area contributed by atoms with Crippen molar-refractivity contribution in [1.29, 1.82) is 5.26 Å². The van der Waals surface area contributed by atoms with Crippen LogP contribution in [0.15, 0.2) is 24.3 Å². The highest BCUT2D eigenvalue weighted by Crippen LogP contribution is 2.11. The number of hydrogen-bond donors (Lipinski definition) is 0. The highest BCUT2D eigenvalue weighted by Gasteiger charge is 1.92. The third-order valence-corrected chi connectivity index (χ3v) is 1.98. The molecule has 0 saturated heterocycles. The zero-order chi connectivity index (χ0) is 11.6. The molecule has 0 unspecified atom stereocenters. The van der Waals surface area contributed by atoms with Crippen LogP contribution in [0, 0.1) is 23.2 Å². The molecule has 0 fully saturated rings. The number of nitrogens with zero attached hydrogens (tertiary/aromatic N) is 1. The molecule has 0 amide bonds. The van der Waals surface area contributed by atoms with Gasteiger partial charge in [-0.05, 0) is 24.3 Å². The Bertz CT molecular complexity index is 408. The summed E-state index contributed by atoms with van der Waals surface area (Å²) in [6, 6.07) is 9.51. The second-order valence-electron chi connectivity index (χ2n) is 3.02. The maximum absolute atomic E-state index is 8.35. The van der Waals surface area contributed by atoms with E-state index in [9.17, 15) is 0 Å². The van der Waals surface area contributed by atoms with E-state index < -0.39 is 0 Å². The van der Waals surface area contributed by atoms with Gasteiger partial charge in [-0.1, -0.05) is 11.8 Å². The number of alkyl halides is 1. The molecule has 1 rings (SSSR count). The van der Waals surface area contributed by atoms with Crippen LogP contribution in [0.5, 0.6) is 5.75 Å². The Labute approximate surface area is 101 Å². The van der Waals surface area contributed by atoms with E-state index in [0.717, 1.165) is 11.3 Å². The molecule has 0 aliphatic heterocycles. The fourth-order valence-electron chi connectivity index (χ4n) is 1.06. The van der Waals surface area contributed by atoms with Gasteiger partial charge in [0.05, 0.1) is 12.5 Å². The Kier molecular flexibility index (Phi) is 5.92. The maximum Gasteiger partial charge on any atom is 0.119 e. The summed E-state index contributed by atoms with van der Waals surface area (Å²) in [5.74, 6) is 7.28. The average molecular weight is 234 g/mol. The number of hydrogen-bond acceptors (Lipinski definition) is 2. The first-order valence-corrected chi connectivity index (χ1v) is 5.55. The summed E-state index contributed by atoms with van der Waals surface area (Å²) in [5.41, 5.74) is 0.942. The summed E-state index contributed by atoms with van der Waals surface area (Å²) in [6.07, 6.45) is 1.10. The molecule has 0 N–H and O–H groups in total. The van der Waals surface area contributed by atoms with Crippen LogP contribution in [0.3, 0.4) is 0 Å². The Morgan fingerprint density at radius 2 is 1.94 bits per heavy atom. The normalized spacial score (nSPS) is 8.75. The van der Waals surface area contributed by atoms with Gasteiger partial charge in [0.2, 0.25) is 0 Å². The Morgan fingerprint density at radius 3 is 2.56 bits per heavy atom. The van der Waals surface area contributed by atoms with Crippen molar-refractivity contribution in [3.05, 3.63) is 29.8 Å². The van der Waals surface area contributed by atoms with Crippen LogP contribution in [-0.4, -0.2) is 12.5 Å². The lowest BCUT2D eigenvalue weighted by molar-refractivity contribution is 0.326. The van der Waals surface area contributed by atoms with Gasteiger partial charge < -0.3 is 4.74 Å². The third kappa shape index (κ3) is 4.73. The van der Waals surface area contributed by atoms with Gasteiger partial charge in [0, 0.05) is 17.9 Å². The van der Waals surface area contributed by atoms with Gasteiger partial charge in [0.15, 0.2) is 0 Å². The van der Waals surface area contributed by atoms with E-state index in [-0.39, 0.29) is 0 Å². The zero-order valence-corrected chi connectivity index (χ0v) is 9.63. The van der Waals surface area contributed by atoms with Crippen LogP contribution < -0.4 is 4.74 Å². The van der Waals surface area contributed by atoms with E-state index >= 15 is 0 Å². The monoisotopic (exact) mass is 233 g/mol. The van der Waals surface area contributed by atoms with E-state index in [2.05, 4.69) is 11.8 Å². The maximum atomic E-state index is 8.35. The molecular weight excluding hydrogens is 222 g/mol. The molecule has 0 aliphatic carbocycles. The summed E-state index contributed by atoms with van der Waals surface area (Å²) in [4.78, 5) is 0. The molecule has 1 aromatic rings. The molecule has 0 radical (unpaired) electrons. The highest BCUT2D eigenvalue weighted by molar-refractivity contribution is 6.18. The number of rotatable bonds is 4. The van der Waals surface area contributed by atoms with Crippen molar-refractivity contribution in [2.24, 2.45) is 0 Å². The van der Waals surface area contributed by atoms with E-state index in [1.165, 1.54) is 0 Å². The summed E-state index contributed by atoms with van der Waals surface area (Å²) in [5, 5.41) is 8.35.